The van der Waals surface area contributed by atoms with Gasteiger partial charge in [0.25, 0.3) is 0 Å². The van der Waals surface area contributed by atoms with Crippen LogP contribution >= 0.6 is 0 Å². The van der Waals surface area contributed by atoms with Crippen LogP contribution in [0.1, 0.15) is 36.2 Å². The van der Waals surface area contributed by atoms with Gasteiger partial charge in [-0.25, -0.2) is 4.98 Å². The molecule has 0 radical (unpaired) electrons. The molecule has 5 rings (SSSR count). The van der Waals surface area contributed by atoms with Gasteiger partial charge in [0.2, 0.25) is 5.91 Å². The smallest absolute Gasteiger partial charge is 0.381 e. The molecule has 1 aromatic carbocycles. The number of carbonyl (C=O) groups excluding carboxylic acids is 1. The first kappa shape index (κ1) is 25.6. The molecule has 198 valence electrons. The van der Waals surface area contributed by atoms with Crippen LogP contribution in [0.25, 0.3) is 11.0 Å². The molecule has 37 heavy (non-hydrogen) atoms. The lowest BCUT2D eigenvalue weighted by atomic mass is 10.1. The van der Waals surface area contributed by atoms with Crippen molar-refractivity contribution in [1.29, 1.82) is 0 Å². The van der Waals surface area contributed by atoms with Crippen molar-refractivity contribution in [2.75, 3.05) is 26.3 Å². The average Bonchev–Trinajstić information content (AvgIpc) is 3.35. The Kier molecular flexibility index (Phi) is 7.73. The molecule has 1 amide bonds. The minimum atomic E-state index is -4.52. The van der Waals surface area contributed by atoms with E-state index in [2.05, 4.69) is 25.2 Å². The molecule has 8 nitrogen and oxygen atoms in total. The van der Waals surface area contributed by atoms with Crippen molar-refractivity contribution in [3.8, 4) is 0 Å². The van der Waals surface area contributed by atoms with Gasteiger partial charge in [0.05, 0.1) is 36.3 Å². The molecule has 3 atom stereocenters. The Morgan fingerprint density at radius 1 is 1.16 bits per heavy atom. The van der Waals surface area contributed by atoms with Gasteiger partial charge < -0.3 is 19.8 Å². The molecule has 0 aliphatic carbocycles. The van der Waals surface area contributed by atoms with Crippen molar-refractivity contribution in [2.24, 2.45) is 0 Å². The van der Waals surface area contributed by atoms with Gasteiger partial charge in [0.1, 0.15) is 11.3 Å². The zero-order valence-electron chi connectivity index (χ0n) is 20.3. The Labute approximate surface area is 212 Å². The third-order valence-electron chi connectivity index (χ3n) is 6.99. The van der Waals surface area contributed by atoms with Gasteiger partial charge in [-0.05, 0) is 49.1 Å². The molecule has 11 heteroatoms. The highest BCUT2D eigenvalue weighted by molar-refractivity contribution is 5.82. The summed E-state index contributed by atoms with van der Waals surface area (Å²) in [4.78, 5) is 26.3. The molecule has 2 aliphatic heterocycles. The summed E-state index contributed by atoms with van der Waals surface area (Å²) in [6.45, 7) is 3.19. The van der Waals surface area contributed by atoms with E-state index in [-0.39, 0.29) is 41.3 Å². The van der Waals surface area contributed by atoms with E-state index in [1.165, 1.54) is 12.1 Å². The second-order valence-electron chi connectivity index (χ2n) is 9.59. The highest BCUT2D eigenvalue weighted by Gasteiger charge is 2.38. The van der Waals surface area contributed by atoms with E-state index in [0.29, 0.717) is 32.3 Å². The standard InChI is InChI=1S/C26H30F3N5O3/c27-26(28,29)19-4-1-5-20-25(19)33-23(31-20)13-24(35)32-21-14-34(18-3-2-11-36-12-8-18)15-22(21)37-16-17-6-9-30-10-7-17/h1,4-7,9-10,18,21-22H,2-3,8,11-16H2,(H,31,33)(H,32,35)/t18?,21?,22-/m0/s1. The predicted molar refractivity (Wildman–Crippen MR) is 130 cm³/mol. The van der Waals surface area contributed by atoms with E-state index in [9.17, 15) is 18.0 Å². The van der Waals surface area contributed by atoms with Gasteiger partial charge in [-0.2, -0.15) is 13.2 Å². The van der Waals surface area contributed by atoms with Gasteiger partial charge >= 0.3 is 6.18 Å². The summed E-state index contributed by atoms with van der Waals surface area (Å²) >= 11 is 0. The van der Waals surface area contributed by atoms with E-state index in [4.69, 9.17) is 9.47 Å². The second-order valence-corrected chi connectivity index (χ2v) is 9.59. The number of aromatic nitrogens is 3. The number of nitrogens with zero attached hydrogens (tertiary/aromatic N) is 3. The molecule has 2 unspecified atom stereocenters. The molecule has 2 fully saturated rings. The molecule has 2 N–H and O–H groups in total. The van der Waals surface area contributed by atoms with Crippen LogP contribution in [0.5, 0.6) is 0 Å². The highest BCUT2D eigenvalue weighted by Crippen LogP contribution is 2.33. The number of hydrogen-bond acceptors (Lipinski definition) is 6. The number of nitrogens with one attached hydrogen (secondary N) is 2. The number of halogens is 3. The molecule has 0 spiro atoms. The third kappa shape index (κ3) is 6.28. The number of hydrogen-bond donors (Lipinski definition) is 2. The van der Waals surface area contributed by atoms with Gasteiger partial charge in [0, 0.05) is 44.7 Å². The van der Waals surface area contributed by atoms with Gasteiger partial charge in [0.15, 0.2) is 0 Å². The summed E-state index contributed by atoms with van der Waals surface area (Å²) < 4.78 is 51.9. The van der Waals surface area contributed by atoms with Crippen LogP contribution in [0.3, 0.4) is 0 Å². The number of benzene rings is 1. The summed E-state index contributed by atoms with van der Waals surface area (Å²) in [6.07, 6.45) is 1.46. The van der Waals surface area contributed by atoms with Crippen LogP contribution in [0.2, 0.25) is 0 Å². The van der Waals surface area contributed by atoms with Crippen molar-refractivity contribution >= 4 is 16.9 Å². The number of carbonyl (C=O) groups is 1. The summed E-state index contributed by atoms with van der Waals surface area (Å²) in [6, 6.07) is 7.71. The van der Waals surface area contributed by atoms with Crippen molar-refractivity contribution < 1.29 is 27.4 Å². The van der Waals surface area contributed by atoms with Crippen molar-refractivity contribution in [2.45, 2.75) is 56.7 Å². The van der Waals surface area contributed by atoms with Crippen LogP contribution in [0.15, 0.2) is 42.7 Å². The predicted octanol–water partition coefficient (Wildman–Crippen LogP) is 3.47. The molecule has 0 bridgehead atoms. The van der Waals surface area contributed by atoms with E-state index in [0.717, 1.165) is 37.5 Å². The van der Waals surface area contributed by atoms with Gasteiger partial charge in [-0.1, -0.05) is 6.07 Å². The maximum atomic E-state index is 13.4. The molecule has 0 saturated carbocycles. The molecule has 4 heterocycles. The number of aromatic amines is 1. The maximum absolute atomic E-state index is 13.4. The molecule has 2 saturated heterocycles. The molecular formula is C26H30F3N5O3. The number of likely N-dealkylation sites (tertiary alicyclic amines) is 1. The number of pyridine rings is 1. The largest absolute Gasteiger partial charge is 0.418 e. The second kappa shape index (κ2) is 11.2. The zero-order valence-corrected chi connectivity index (χ0v) is 20.3. The van der Waals surface area contributed by atoms with Crippen LogP contribution < -0.4 is 5.32 Å². The van der Waals surface area contributed by atoms with E-state index in [1.807, 2.05) is 12.1 Å². The van der Waals surface area contributed by atoms with Crippen molar-refractivity contribution in [1.82, 2.24) is 25.2 Å². The van der Waals surface area contributed by atoms with Crippen molar-refractivity contribution in [3.63, 3.8) is 0 Å². The highest BCUT2D eigenvalue weighted by atomic mass is 19.4. The van der Waals surface area contributed by atoms with E-state index < -0.39 is 11.7 Å². The quantitative estimate of drug-likeness (QED) is 0.499. The van der Waals surface area contributed by atoms with Crippen LogP contribution in [0.4, 0.5) is 13.2 Å². The van der Waals surface area contributed by atoms with Gasteiger partial charge in [-0.15, -0.1) is 0 Å². The summed E-state index contributed by atoms with van der Waals surface area (Å²) in [7, 11) is 0. The number of H-pyrrole nitrogens is 1. The number of imidazole rings is 1. The first-order chi connectivity index (χ1) is 17.9. The number of amides is 1. The minimum Gasteiger partial charge on any atom is -0.381 e. The molecule has 2 aliphatic rings. The molecule has 3 aromatic rings. The number of para-hydroxylation sites is 1. The Morgan fingerprint density at radius 3 is 2.81 bits per heavy atom. The lowest BCUT2D eigenvalue weighted by Crippen LogP contribution is -2.45. The van der Waals surface area contributed by atoms with E-state index >= 15 is 0 Å². The summed E-state index contributed by atoms with van der Waals surface area (Å²) in [5.74, 6) is -0.129. The first-order valence-corrected chi connectivity index (χ1v) is 12.5. The van der Waals surface area contributed by atoms with Crippen LogP contribution in [-0.4, -0.2) is 70.2 Å². The molecule has 2 aromatic heterocycles. The number of alkyl halides is 3. The van der Waals surface area contributed by atoms with Gasteiger partial charge in [-0.3, -0.25) is 14.7 Å². The average molecular weight is 518 g/mol. The fraction of sp³-hybridized carbons (Fsp3) is 0.500. The van der Waals surface area contributed by atoms with E-state index in [1.54, 1.807) is 12.4 Å². The fourth-order valence-electron chi connectivity index (χ4n) is 5.15. The number of rotatable bonds is 7. The van der Waals surface area contributed by atoms with Crippen LogP contribution in [-0.2, 0) is 33.5 Å². The first-order valence-electron chi connectivity index (χ1n) is 12.5. The maximum Gasteiger partial charge on any atom is 0.418 e. The topological polar surface area (TPSA) is 92.4 Å². The normalized spacial score (nSPS) is 23.3. The summed E-state index contributed by atoms with van der Waals surface area (Å²) in [5.41, 5.74) is 0.234. The number of fused-ring (bicyclic) bond motifs is 1. The summed E-state index contributed by atoms with van der Waals surface area (Å²) in [5, 5.41) is 3.06. The Balaban J connectivity index is 1.27. The van der Waals surface area contributed by atoms with Crippen LogP contribution in [0, 0.1) is 0 Å². The zero-order chi connectivity index (χ0) is 25.8. The Hall–Kier alpha value is -3.02. The lowest BCUT2D eigenvalue weighted by Gasteiger charge is -2.26. The Bertz CT molecular complexity index is 1200. The SMILES string of the molecule is O=C(Cc1nc2c(C(F)(F)F)cccc2[nH]1)NC1CN(C2CCCOCC2)C[C@@H]1OCc1ccncc1. The number of ether oxygens (including phenoxy) is 2. The van der Waals surface area contributed by atoms with Crippen molar-refractivity contribution in [3.05, 3.63) is 59.7 Å². The Morgan fingerprint density at radius 2 is 2.00 bits per heavy atom. The molecular weight excluding hydrogens is 487 g/mol. The minimum absolute atomic E-state index is 0.156. The monoisotopic (exact) mass is 517 g/mol. The fourth-order valence-corrected chi connectivity index (χ4v) is 5.15. The third-order valence-corrected chi connectivity index (χ3v) is 6.99. The lowest BCUT2D eigenvalue weighted by molar-refractivity contribution is -0.136.